The van der Waals surface area contributed by atoms with E-state index >= 15 is 0 Å². The van der Waals surface area contributed by atoms with Crippen LogP contribution in [0.25, 0.3) is 0 Å². The molecule has 2 N–H and O–H groups in total. The fourth-order valence-electron chi connectivity index (χ4n) is 4.55. The number of rotatable bonds is 11. The van der Waals surface area contributed by atoms with Crippen molar-refractivity contribution in [2.45, 2.75) is 44.5 Å². The summed E-state index contributed by atoms with van der Waals surface area (Å²) in [4.78, 5) is 21.0. The number of amides is 1. The van der Waals surface area contributed by atoms with E-state index in [0.29, 0.717) is 30.1 Å². The summed E-state index contributed by atoms with van der Waals surface area (Å²) in [6.45, 7) is 6.90. The summed E-state index contributed by atoms with van der Waals surface area (Å²) >= 11 is 5.98. The number of benzene rings is 1. The number of nitrogens with zero attached hydrogens (tertiary/aromatic N) is 3. The minimum Gasteiger partial charge on any atom is -0.468 e. The van der Waals surface area contributed by atoms with E-state index in [1.165, 1.54) is 12.2 Å². The van der Waals surface area contributed by atoms with E-state index in [9.17, 15) is 23.1 Å². The van der Waals surface area contributed by atoms with Crippen LogP contribution in [-0.2, 0) is 9.53 Å². The first-order valence-electron chi connectivity index (χ1n) is 12.3. The molecule has 1 aromatic carbocycles. The zero-order valence-corrected chi connectivity index (χ0v) is 21.6. The van der Waals surface area contributed by atoms with Gasteiger partial charge in [0.15, 0.2) is 6.61 Å². The number of aliphatic imine (C=N–C) groups is 1. The van der Waals surface area contributed by atoms with E-state index < -0.39 is 24.9 Å². The Morgan fingerprint density at radius 3 is 2.57 bits per heavy atom. The Labute approximate surface area is 220 Å². The van der Waals surface area contributed by atoms with Crippen molar-refractivity contribution < 1.29 is 27.8 Å². The Balaban J connectivity index is 1.66. The number of allylic oxidation sites excluding steroid dienone is 2. The third kappa shape index (κ3) is 9.05. The summed E-state index contributed by atoms with van der Waals surface area (Å²) in [6, 6.07) is 6.90. The quantitative estimate of drug-likeness (QED) is 0.249. The van der Waals surface area contributed by atoms with Gasteiger partial charge in [-0.2, -0.15) is 13.2 Å². The molecule has 3 atom stereocenters. The highest BCUT2D eigenvalue weighted by molar-refractivity contribution is 6.30. The Morgan fingerprint density at radius 1 is 1.27 bits per heavy atom. The van der Waals surface area contributed by atoms with Gasteiger partial charge in [0.1, 0.15) is 0 Å². The van der Waals surface area contributed by atoms with Crippen molar-refractivity contribution in [2.24, 2.45) is 10.9 Å². The lowest BCUT2D eigenvalue weighted by Crippen LogP contribution is -2.52. The number of anilines is 1. The molecule has 0 radical (unpaired) electrons. The molecule has 0 aromatic heterocycles. The molecule has 11 heteroatoms. The Bertz CT molecular complexity index is 978. The first-order valence-corrected chi connectivity index (χ1v) is 12.7. The molecule has 2 aliphatic heterocycles. The van der Waals surface area contributed by atoms with Gasteiger partial charge >= 0.3 is 6.18 Å². The summed E-state index contributed by atoms with van der Waals surface area (Å²) in [5.74, 6) is -0.678. The van der Waals surface area contributed by atoms with Crippen LogP contribution in [0, 0.1) is 5.92 Å². The van der Waals surface area contributed by atoms with Gasteiger partial charge in [0, 0.05) is 36.4 Å². The molecule has 3 rings (SSSR count). The number of aliphatic hydroxyl groups is 1. The maximum Gasteiger partial charge on any atom is 0.422 e. The van der Waals surface area contributed by atoms with Gasteiger partial charge in [0.2, 0.25) is 11.8 Å². The predicted octanol–water partition coefficient (Wildman–Crippen LogP) is 4.18. The Morgan fingerprint density at radius 2 is 1.95 bits per heavy atom. The molecule has 0 unspecified atom stereocenters. The molecule has 0 spiro atoms. The van der Waals surface area contributed by atoms with Crippen LogP contribution in [0.2, 0.25) is 5.02 Å². The molecule has 2 fully saturated rings. The first-order chi connectivity index (χ1) is 17.6. The highest BCUT2D eigenvalue weighted by Crippen LogP contribution is 2.26. The van der Waals surface area contributed by atoms with E-state index in [4.69, 9.17) is 11.6 Å². The fraction of sp³-hybridized carbons (Fsp3) is 0.538. The molecular weight excluding hydrogens is 509 g/mol. The normalized spacial score (nSPS) is 21.1. The van der Waals surface area contributed by atoms with E-state index in [2.05, 4.69) is 31.6 Å². The highest BCUT2D eigenvalue weighted by atomic mass is 35.5. The van der Waals surface area contributed by atoms with E-state index in [1.807, 2.05) is 24.3 Å². The molecule has 2 heterocycles. The van der Waals surface area contributed by atoms with E-state index in [1.54, 1.807) is 6.92 Å². The van der Waals surface area contributed by atoms with Crippen LogP contribution in [0.5, 0.6) is 0 Å². The number of hydrogen-bond acceptors (Lipinski definition) is 6. The molecular formula is C26H34ClF3N4O3. The maximum atomic E-state index is 13.2. The molecule has 2 saturated heterocycles. The van der Waals surface area contributed by atoms with Gasteiger partial charge in [-0.05, 0) is 75.8 Å². The van der Waals surface area contributed by atoms with Crippen LogP contribution in [-0.4, -0.2) is 80.3 Å². The average Bonchev–Trinajstić information content (AvgIpc) is 3.55. The van der Waals surface area contributed by atoms with Crippen molar-refractivity contribution >= 4 is 29.9 Å². The summed E-state index contributed by atoms with van der Waals surface area (Å²) in [5, 5.41) is 14.8. The minimum atomic E-state index is -4.50. The summed E-state index contributed by atoms with van der Waals surface area (Å²) in [5.41, 5.74) is 1.45. The largest absolute Gasteiger partial charge is 0.468 e. The topological polar surface area (TPSA) is 77.4 Å². The SMILES string of the molecule is C=N/C(=C\C=C(/C)[C@@H](O)[C@@H](CN1CCCC1)NC(=O)[C@H]1CCN(c2ccc(Cl)cc2)C1)OCC(F)(F)F. The van der Waals surface area contributed by atoms with Crippen molar-refractivity contribution in [3.05, 3.63) is 52.9 Å². The summed E-state index contributed by atoms with van der Waals surface area (Å²) in [6.07, 6.45) is -0.0993. The zero-order chi connectivity index (χ0) is 27.0. The standard InChI is InChI=1S/C26H34ClF3N4O3/c1-18(5-10-23(31-2)37-17-26(28,29)30)24(35)22(16-33-12-3-4-13-33)32-25(36)19-11-14-34(15-19)21-8-6-20(27)7-9-21/h5-10,19,22,24,35H,2-4,11-17H2,1H3,(H,32,36)/b18-5+,23-10+/t19-,22+,24+/m0/s1. The molecule has 7 nitrogen and oxygen atoms in total. The lowest BCUT2D eigenvalue weighted by Gasteiger charge is -2.30. The second-order valence-corrected chi connectivity index (χ2v) is 9.89. The number of carbonyl (C=O) groups is 1. The van der Waals surface area contributed by atoms with Gasteiger partial charge in [-0.3, -0.25) is 4.79 Å². The smallest absolute Gasteiger partial charge is 0.422 e. The number of hydrogen-bond donors (Lipinski definition) is 2. The number of halogens is 4. The van der Waals surface area contributed by atoms with Crippen LogP contribution in [0.4, 0.5) is 18.9 Å². The second kappa shape index (κ2) is 13.3. The molecule has 204 valence electrons. The summed E-state index contributed by atoms with van der Waals surface area (Å²) < 4.78 is 42.0. The highest BCUT2D eigenvalue weighted by Gasteiger charge is 2.33. The molecule has 37 heavy (non-hydrogen) atoms. The van der Waals surface area contributed by atoms with Crippen molar-refractivity contribution in [2.75, 3.05) is 44.2 Å². The fourth-order valence-corrected chi connectivity index (χ4v) is 4.68. The second-order valence-electron chi connectivity index (χ2n) is 9.45. The molecule has 1 amide bonds. The van der Waals surface area contributed by atoms with Crippen LogP contribution in [0.3, 0.4) is 0 Å². The van der Waals surface area contributed by atoms with E-state index in [0.717, 1.165) is 38.2 Å². The van der Waals surface area contributed by atoms with Gasteiger partial charge < -0.3 is 25.0 Å². The lowest BCUT2D eigenvalue weighted by molar-refractivity contribution is -0.164. The van der Waals surface area contributed by atoms with Crippen molar-refractivity contribution in [3.63, 3.8) is 0 Å². The molecule has 2 aliphatic rings. The van der Waals surface area contributed by atoms with Gasteiger partial charge in [-0.15, -0.1) is 0 Å². The Kier molecular flexibility index (Phi) is 10.4. The summed E-state index contributed by atoms with van der Waals surface area (Å²) in [7, 11) is 0. The molecule has 0 saturated carbocycles. The molecule has 0 aliphatic carbocycles. The third-order valence-corrected chi connectivity index (χ3v) is 6.86. The maximum absolute atomic E-state index is 13.2. The van der Waals surface area contributed by atoms with Crippen LogP contribution >= 0.6 is 11.6 Å². The van der Waals surface area contributed by atoms with Crippen molar-refractivity contribution in [1.29, 1.82) is 0 Å². The van der Waals surface area contributed by atoms with E-state index in [-0.39, 0.29) is 17.7 Å². The molecule has 0 bridgehead atoms. The van der Waals surface area contributed by atoms with Gasteiger partial charge in [0.25, 0.3) is 0 Å². The Hall–Kier alpha value is -2.56. The van der Waals surface area contributed by atoms with Crippen LogP contribution in [0.1, 0.15) is 26.2 Å². The number of carbonyl (C=O) groups excluding carboxylic acids is 1. The van der Waals surface area contributed by atoms with Crippen LogP contribution < -0.4 is 10.2 Å². The van der Waals surface area contributed by atoms with Gasteiger partial charge in [0.05, 0.1) is 18.1 Å². The monoisotopic (exact) mass is 542 g/mol. The molecule has 1 aromatic rings. The third-order valence-electron chi connectivity index (χ3n) is 6.61. The predicted molar refractivity (Wildman–Crippen MR) is 139 cm³/mol. The minimum absolute atomic E-state index is 0.134. The lowest BCUT2D eigenvalue weighted by atomic mass is 10.0. The number of likely N-dealkylation sites (tertiary alicyclic amines) is 1. The van der Waals surface area contributed by atoms with Gasteiger partial charge in [-0.1, -0.05) is 17.7 Å². The number of ether oxygens (including phenoxy) is 1. The van der Waals surface area contributed by atoms with Crippen molar-refractivity contribution in [1.82, 2.24) is 10.2 Å². The number of alkyl halides is 3. The first kappa shape index (κ1) is 29.0. The zero-order valence-electron chi connectivity index (χ0n) is 20.9. The van der Waals surface area contributed by atoms with Gasteiger partial charge in [-0.25, -0.2) is 4.99 Å². The number of nitrogens with one attached hydrogen (secondary N) is 1. The van der Waals surface area contributed by atoms with Crippen LogP contribution in [0.15, 0.2) is 52.9 Å². The average molecular weight is 543 g/mol. The van der Waals surface area contributed by atoms with Crippen molar-refractivity contribution in [3.8, 4) is 0 Å². The number of aliphatic hydroxyl groups excluding tert-OH is 1.